The molecule has 1 saturated carbocycles. The van der Waals surface area contributed by atoms with Gasteiger partial charge in [0, 0.05) is 5.56 Å². The summed E-state index contributed by atoms with van der Waals surface area (Å²) in [4.78, 5) is 11.3. The first-order valence-electron chi connectivity index (χ1n) is 4.99. The topological polar surface area (TPSA) is 17.1 Å². The van der Waals surface area contributed by atoms with E-state index in [1.54, 1.807) is 0 Å². The molecule has 1 aliphatic carbocycles. The predicted molar refractivity (Wildman–Crippen MR) is 58.0 cm³/mol. The maximum atomic E-state index is 11.3. The van der Waals surface area contributed by atoms with Gasteiger partial charge in [0.2, 0.25) is 0 Å². The average molecular weight is 209 g/mol. The Kier molecular flexibility index (Phi) is 2.60. The fraction of sp³-hybridized carbons (Fsp3) is 0.417. The number of carbonyl (C=O) groups excluding carboxylic acids is 1. The van der Waals surface area contributed by atoms with E-state index in [0.29, 0.717) is 5.92 Å². The monoisotopic (exact) mass is 208 g/mol. The van der Waals surface area contributed by atoms with Crippen molar-refractivity contribution in [3.63, 3.8) is 0 Å². The molecule has 2 heteroatoms. The summed E-state index contributed by atoms with van der Waals surface area (Å²) < 4.78 is 0. The lowest BCUT2D eigenvalue weighted by Gasteiger charge is -2.27. The lowest BCUT2D eigenvalue weighted by Crippen LogP contribution is -2.13. The third-order valence-electron chi connectivity index (χ3n) is 3.05. The van der Waals surface area contributed by atoms with Gasteiger partial charge in [0.05, 0.1) is 0 Å². The van der Waals surface area contributed by atoms with E-state index in [1.807, 2.05) is 25.1 Å². The Balaban J connectivity index is 2.46. The van der Waals surface area contributed by atoms with E-state index >= 15 is 0 Å². The first kappa shape index (κ1) is 9.72. The first-order chi connectivity index (χ1) is 6.70. The minimum Gasteiger partial charge on any atom is -0.276 e. The molecule has 1 aromatic rings. The van der Waals surface area contributed by atoms with E-state index in [-0.39, 0.29) is 5.24 Å². The second-order valence-electron chi connectivity index (χ2n) is 3.94. The van der Waals surface area contributed by atoms with Crippen molar-refractivity contribution >= 4 is 16.8 Å². The van der Waals surface area contributed by atoms with Gasteiger partial charge in [-0.3, -0.25) is 4.79 Å². The van der Waals surface area contributed by atoms with Crippen molar-refractivity contribution in [2.75, 3.05) is 0 Å². The number of carbonyl (C=O) groups is 1. The maximum Gasteiger partial charge on any atom is 0.252 e. The predicted octanol–water partition coefficient (Wildman–Crippen LogP) is 3.64. The van der Waals surface area contributed by atoms with Crippen molar-refractivity contribution in [1.29, 1.82) is 0 Å². The molecule has 1 aliphatic rings. The minimum absolute atomic E-state index is 0.315. The molecule has 0 radical (unpaired) electrons. The van der Waals surface area contributed by atoms with Crippen LogP contribution in [0.1, 0.15) is 46.7 Å². The van der Waals surface area contributed by atoms with E-state index in [2.05, 4.69) is 0 Å². The lowest BCUT2D eigenvalue weighted by atomic mass is 9.77. The summed E-state index contributed by atoms with van der Waals surface area (Å²) in [6.07, 6.45) is 3.66. The molecule has 0 amide bonds. The maximum absolute atomic E-state index is 11.3. The molecule has 74 valence electrons. The summed E-state index contributed by atoms with van der Waals surface area (Å²) in [5, 5.41) is -0.315. The lowest BCUT2D eigenvalue weighted by molar-refractivity contribution is 0.107. The van der Waals surface area contributed by atoms with E-state index in [0.717, 1.165) is 16.7 Å². The molecule has 0 bridgehead atoms. The number of hydrogen-bond acceptors (Lipinski definition) is 1. The Labute approximate surface area is 89.1 Å². The van der Waals surface area contributed by atoms with Crippen molar-refractivity contribution < 1.29 is 4.79 Å². The number of aryl methyl sites for hydroxylation is 1. The number of hydrogen-bond donors (Lipinski definition) is 0. The van der Waals surface area contributed by atoms with E-state index in [9.17, 15) is 4.79 Å². The number of halogens is 1. The number of benzene rings is 1. The van der Waals surface area contributed by atoms with Gasteiger partial charge >= 0.3 is 0 Å². The second-order valence-corrected chi connectivity index (χ2v) is 4.28. The summed E-state index contributed by atoms with van der Waals surface area (Å²) in [7, 11) is 0. The third kappa shape index (κ3) is 1.57. The molecule has 14 heavy (non-hydrogen) atoms. The molecule has 0 atom stereocenters. The summed E-state index contributed by atoms with van der Waals surface area (Å²) in [5.74, 6) is 0.563. The van der Waals surface area contributed by atoms with Crippen LogP contribution >= 0.6 is 11.6 Å². The van der Waals surface area contributed by atoms with Gasteiger partial charge in [-0.1, -0.05) is 24.6 Å². The standard InChI is InChI=1S/C12H13ClO/c1-8-4-2-7-10(9-5-3-6-9)11(8)12(13)14/h2,4,7,9H,3,5-6H2,1H3. The van der Waals surface area contributed by atoms with E-state index < -0.39 is 0 Å². The Morgan fingerprint density at radius 1 is 1.43 bits per heavy atom. The van der Waals surface area contributed by atoms with Crippen LogP contribution in [0.25, 0.3) is 0 Å². The average Bonchev–Trinajstić information content (AvgIpc) is 1.99. The molecule has 0 unspecified atom stereocenters. The Morgan fingerprint density at radius 3 is 2.64 bits per heavy atom. The van der Waals surface area contributed by atoms with Crippen LogP contribution in [-0.4, -0.2) is 5.24 Å². The molecule has 2 rings (SSSR count). The van der Waals surface area contributed by atoms with Gasteiger partial charge in [-0.2, -0.15) is 0 Å². The zero-order chi connectivity index (χ0) is 10.1. The molecule has 1 aromatic carbocycles. The van der Waals surface area contributed by atoms with Gasteiger partial charge < -0.3 is 0 Å². The molecule has 0 aliphatic heterocycles. The summed E-state index contributed by atoms with van der Waals surface area (Å²) in [6, 6.07) is 5.98. The van der Waals surface area contributed by atoms with Crippen molar-refractivity contribution in [1.82, 2.24) is 0 Å². The van der Waals surface area contributed by atoms with Gasteiger partial charge in [-0.25, -0.2) is 0 Å². The minimum atomic E-state index is -0.315. The third-order valence-corrected chi connectivity index (χ3v) is 3.24. The van der Waals surface area contributed by atoms with Crippen LogP contribution in [0.3, 0.4) is 0 Å². The first-order valence-corrected chi connectivity index (χ1v) is 5.37. The zero-order valence-corrected chi connectivity index (χ0v) is 8.97. The summed E-state index contributed by atoms with van der Waals surface area (Å²) in [6.45, 7) is 1.94. The van der Waals surface area contributed by atoms with Crippen LogP contribution < -0.4 is 0 Å². The van der Waals surface area contributed by atoms with Crippen LogP contribution in [0.15, 0.2) is 18.2 Å². The van der Waals surface area contributed by atoms with Crippen LogP contribution in [0.5, 0.6) is 0 Å². The molecule has 0 N–H and O–H groups in total. The normalized spacial score (nSPS) is 16.4. The highest BCUT2D eigenvalue weighted by atomic mass is 35.5. The van der Waals surface area contributed by atoms with Crippen molar-refractivity contribution in [3.05, 3.63) is 34.9 Å². The quantitative estimate of drug-likeness (QED) is 0.679. The van der Waals surface area contributed by atoms with Crippen molar-refractivity contribution in [3.8, 4) is 0 Å². The zero-order valence-electron chi connectivity index (χ0n) is 8.22. The van der Waals surface area contributed by atoms with Crippen LogP contribution in [-0.2, 0) is 0 Å². The smallest absolute Gasteiger partial charge is 0.252 e. The van der Waals surface area contributed by atoms with Crippen molar-refractivity contribution in [2.24, 2.45) is 0 Å². The molecular weight excluding hydrogens is 196 g/mol. The summed E-state index contributed by atoms with van der Waals surface area (Å²) in [5.41, 5.74) is 2.88. The van der Waals surface area contributed by atoms with Crippen LogP contribution in [0.4, 0.5) is 0 Å². The molecule has 0 spiro atoms. The van der Waals surface area contributed by atoms with Gasteiger partial charge in [0.1, 0.15) is 0 Å². The van der Waals surface area contributed by atoms with Crippen LogP contribution in [0.2, 0.25) is 0 Å². The van der Waals surface area contributed by atoms with Gasteiger partial charge in [-0.15, -0.1) is 0 Å². The Bertz CT molecular complexity index is 367. The molecule has 1 nitrogen and oxygen atoms in total. The second kappa shape index (κ2) is 3.74. The van der Waals surface area contributed by atoms with E-state index in [1.165, 1.54) is 19.3 Å². The van der Waals surface area contributed by atoms with Gasteiger partial charge in [0.25, 0.3) is 5.24 Å². The van der Waals surface area contributed by atoms with Gasteiger partial charge in [-0.05, 0) is 48.4 Å². The molecule has 0 aromatic heterocycles. The molecule has 0 saturated heterocycles. The molecule has 1 fully saturated rings. The SMILES string of the molecule is Cc1cccc(C2CCC2)c1C(=O)Cl. The largest absolute Gasteiger partial charge is 0.276 e. The van der Waals surface area contributed by atoms with Gasteiger partial charge in [0.15, 0.2) is 0 Å². The highest BCUT2D eigenvalue weighted by molar-refractivity contribution is 6.68. The molecular formula is C12H13ClO. The Morgan fingerprint density at radius 2 is 2.14 bits per heavy atom. The summed E-state index contributed by atoms with van der Waals surface area (Å²) >= 11 is 5.60. The van der Waals surface area contributed by atoms with Crippen molar-refractivity contribution in [2.45, 2.75) is 32.1 Å². The fourth-order valence-corrected chi connectivity index (χ4v) is 2.28. The highest BCUT2D eigenvalue weighted by Gasteiger charge is 2.24. The van der Waals surface area contributed by atoms with Crippen LogP contribution in [0, 0.1) is 6.92 Å². The highest BCUT2D eigenvalue weighted by Crippen LogP contribution is 2.39. The fourth-order valence-electron chi connectivity index (χ4n) is 2.02. The Hall–Kier alpha value is -0.820. The van der Waals surface area contributed by atoms with E-state index in [4.69, 9.17) is 11.6 Å². The number of rotatable bonds is 2. The molecule has 0 heterocycles.